The normalized spacial score (nSPS) is 9.71. The van der Waals surface area contributed by atoms with Crippen LogP contribution in [0.4, 0.5) is 0 Å². The van der Waals surface area contributed by atoms with Gasteiger partial charge in [-0.15, -0.1) is 0 Å². The first-order chi connectivity index (χ1) is 8.26. The third kappa shape index (κ3) is 2.14. The fourth-order valence-electron chi connectivity index (χ4n) is 1.85. The van der Waals surface area contributed by atoms with Gasteiger partial charge in [-0.1, -0.05) is 29.8 Å². The number of benzene rings is 2. The highest BCUT2D eigenvalue weighted by molar-refractivity contribution is 5.76. The predicted octanol–water partition coefficient (Wildman–Crippen LogP) is 3.54. The fraction of sp³-hybridized carbons (Fsp3) is 0.133. The van der Waals surface area contributed by atoms with E-state index >= 15 is 0 Å². The highest BCUT2D eigenvalue weighted by Gasteiger charge is 2.09. The van der Waals surface area contributed by atoms with E-state index in [4.69, 9.17) is 10.00 Å². The number of nitriles is 1. The zero-order valence-corrected chi connectivity index (χ0v) is 9.90. The average molecular weight is 223 g/mol. The molecule has 0 amide bonds. The summed E-state index contributed by atoms with van der Waals surface area (Å²) in [5, 5.41) is 9.12. The Morgan fingerprint density at radius 3 is 2.53 bits per heavy atom. The van der Waals surface area contributed by atoms with E-state index in [0.29, 0.717) is 5.56 Å². The molecule has 0 atom stereocenters. The van der Waals surface area contributed by atoms with Crippen molar-refractivity contribution in [3.05, 3.63) is 53.6 Å². The highest BCUT2D eigenvalue weighted by Crippen LogP contribution is 2.32. The van der Waals surface area contributed by atoms with E-state index in [0.717, 1.165) is 22.4 Å². The van der Waals surface area contributed by atoms with Crippen LogP contribution in [0, 0.1) is 18.3 Å². The summed E-state index contributed by atoms with van der Waals surface area (Å²) in [6, 6.07) is 15.7. The third-order valence-corrected chi connectivity index (χ3v) is 2.69. The molecular formula is C15H13NO. The Bertz CT molecular complexity index is 582. The average Bonchev–Trinajstić information content (AvgIpc) is 2.38. The molecule has 0 aliphatic heterocycles. The topological polar surface area (TPSA) is 33.0 Å². The third-order valence-electron chi connectivity index (χ3n) is 2.69. The van der Waals surface area contributed by atoms with E-state index < -0.39 is 0 Å². The van der Waals surface area contributed by atoms with Gasteiger partial charge in [0.1, 0.15) is 5.75 Å². The van der Waals surface area contributed by atoms with E-state index in [-0.39, 0.29) is 0 Å². The lowest BCUT2D eigenvalue weighted by atomic mass is 9.98. The molecule has 2 aromatic rings. The lowest BCUT2D eigenvalue weighted by Crippen LogP contribution is -1.91. The molecule has 17 heavy (non-hydrogen) atoms. The lowest BCUT2D eigenvalue weighted by Gasteiger charge is -2.10. The predicted molar refractivity (Wildman–Crippen MR) is 67.9 cm³/mol. The second kappa shape index (κ2) is 4.71. The molecule has 2 heteroatoms. The van der Waals surface area contributed by atoms with E-state index in [2.05, 4.69) is 6.07 Å². The van der Waals surface area contributed by atoms with Crippen LogP contribution < -0.4 is 4.74 Å². The smallest absolute Gasteiger partial charge is 0.126 e. The van der Waals surface area contributed by atoms with Crippen LogP contribution in [-0.2, 0) is 0 Å². The zero-order chi connectivity index (χ0) is 12.3. The van der Waals surface area contributed by atoms with Crippen molar-refractivity contribution < 1.29 is 4.74 Å². The SMILES string of the molecule is COc1ccc(C)cc1-c1ccccc1C#N. The van der Waals surface area contributed by atoms with Gasteiger partial charge in [0, 0.05) is 11.1 Å². The van der Waals surface area contributed by atoms with Gasteiger partial charge < -0.3 is 4.74 Å². The molecule has 0 saturated heterocycles. The first-order valence-electron chi connectivity index (χ1n) is 5.40. The fourth-order valence-corrected chi connectivity index (χ4v) is 1.85. The second-order valence-corrected chi connectivity index (χ2v) is 3.86. The lowest BCUT2D eigenvalue weighted by molar-refractivity contribution is 0.416. The summed E-state index contributed by atoms with van der Waals surface area (Å²) in [7, 11) is 1.64. The molecule has 0 bridgehead atoms. The molecular weight excluding hydrogens is 210 g/mol. The molecule has 0 heterocycles. The maximum Gasteiger partial charge on any atom is 0.126 e. The summed E-state index contributed by atoms with van der Waals surface area (Å²) in [6.07, 6.45) is 0. The van der Waals surface area contributed by atoms with Gasteiger partial charge in [0.05, 0.1) is 18.7 Å². The standard InChI is InChI=1S/C15H13NO/c1-11-7-8-15(17-2)14(9-11)13-6-4-3-5-12(13)10-16/h3-9H,1-2H3. The van der Waals surface area contributed by atoms with Crippen molar-refractivity contribution in [2.24, 2.45) is 0 Å². The van der Waals surface area contributed by atoms with E-state index in [1.807, 2.05) is 49.4 Å². The molecule has 2 rings (SSSR count). The molecule has 2 aromatic carbocycles. The number of nitrogens with zero attached hydrogens (tertiary/aromatic N) is 1. The minimum atomic E-state index is 0.663. The Morgan fingerprint density at radius 2 is 1.82 bits per heavy atom. The van der Waals surface area contributed by atoms with Crippen molar-refractivity contribution in [2.45, 2.75) is 6.92 Å². The summed E-state index contributed by atoms with van der Waals surface area (Å²) in [5.74, 6) is 0.790. The number of methoxy groups -OCH3 is 1. The number of rotatable bonds is 2. The van der Waals surface area contributed by atoms with Crippen LogP contribution >= 0.6 is 0 Å². The molecule has 0 fully saturated rings. The number of hydrogen-bond donors (Lipinski definition) is 0. The summed E-state index contributed by atoms with van der Waals surface area (Å²) in [4.78, 5) is 0. The molecule has 0 saturated carbocycles. The van der Waals surface area contributed by atoms with Gasteiger partial charge >= 0.3 is 0 Å². The Labute approximate surface area is 101 Å². The molecule has 84 valence electrons. The van der Waals surface area contributed by atoms with Crippen LogP contribution in [0.2, 0.25) is 0 Å². The van der Waals surface area contributed by atoms with Crippen LogP contribution in [0.1, 0.15) is 11.1 Å². The van der Waals surface area contributed by atoms with Crippen LogP contribution in [0.5, 0.6) is 5.75 Å². The number of ether oxygens (including phenoxy) is 1. The quantitative estimate of drug-likeness (QED) is 0.780. The molecule has 0 radical (unpaired) electrons. The van der Waals surface area contributed by atoms with Gasteiger partial charge in [0.15, 0.2) is 0 Å². The minimum absolute atomic E-state index is 0.663. The largest absolute Gasteiger partial charge is 0.496 e. The Kier molecular flexibility index (Phi) is 3.11. The molecule has 0 aliphatic rings. The Balaban J connectivity index is 2.68. The number of hydrogen-bond acceptors (Lipinski definition) is 2. The molecule has 2 nitrogen and oxygen atoms in total. The summed E-state index contributed by atoms with van der Waals surface area (Å²) in [5.41, 5.74) is 3.69. The van der Waals surface area contributed by atoms with Crippen LogP contribution in [-0.4, -0.2) is 7.11 Å². The second-order valence-electron chi connectivity index (χ2n) is 3.86. The Hall–Kier alpha value is -2.27. The van der Waals surface area contributed by atoms with Crippen molar-refractivity contribution in [2.75, 3.05) is 7.11 Å². The van der Waals surface area contributed by atoms with Gasteiger partial charge in [-0.2, -0.15) is 5.26 Å². The van der Waals surface area contributed by atoms with Crippen molar-refractivity contribution >= 4 is 0 Å². The summed E-state index contributed by atoms with van der Waals surface area (Å²) in [6.45, 7) is 2.03. The monoisotopic (exact) mass is 223 g/mol. The first-order valence-corrected chi connectivity index (χ1v) is 5.40. The van der Waals surface area contributed by atoms with Crippen LogP contribution in [0.25, 0.3) is 11.1 Å². The highest BCUT2D eigenvalue weighted by atomic mass is 16.5. The van der Waals surface area contributed by atoms with Gasteiger partial charge in [0.25, 0.3) is 0 Å². The van der Waals surface area contributed by atoms with E-state index in [1.54, 1.807) is 7.11 Å². The minimum Gasteiger partial charge on any atom is -0.496 e. The van der Waals surface area contributed by atoms with Crippen LogP contribution in [0.15, 0.2) is 42.5 Å². The van der Waals surface area contributed by atoms with Gasteiger partial charge in [0.2, 0.25) is 0 Å². The van der Waals surface area contributed by atoms with Gasteiger partial charge in [-0.3, -0.25) is 0 Å². The van der Waals surface area contributed by atoms with Crippen LogP contribution in [0.3, 0.4) is 0 Å². The molecule has 0 spiro atoms. The Morgan fingerprint density at radius 1 is 1.06 bits per heavy atom. The maximum atomic E-state index is 9.12. The molecule has 0 aliphatic carbocycles. The summed E-state index contributed by atoms with van der Waals surface area (Å²) < 4.78 is 5.34. The van der Waals surface area contributed by atoms with E-state index in [9.17, 15) is 0 Å². The zero-order valence-electron chi connectivity index (χ0n) is 9.90. The van der Waals surface area contributed by atoms with Crippen molar-refractivity contribution in [1.29, 1.82) is 5.26 Å². The number of aryl methyl sites for hydroxylation is 1. The maximum absolute atomic E-state index is 9.12. The van der Waals surface area contributed by atoms with Gasteiger partial charge in [-0.05, 0) is 25.1 Å². The van der Waals surface area contributed by atoms with Gasteiger partial charge in [-0.25, -0.2) is 0 Å². The van der Waals surface area contributed by atoms with Crippen molar-refractivity contribution in [3.8, 4) is 22.9 Å². The van der Waals surface area contributed by atoms with Crippen molar-refractivity contribution in [1.82, 2.24) is 0 Å². The van der Waals surface area contributed by atoms with Crippen molar-refractivity contribution in [3.63, 3.8) is 0 Å². The molecule has 0 unspecified atom stereocenters. The first kappa shape index (κ1) is 11.2. The van der Waals surface area contributed by atoms with E-state index in [1.165, 1.54) is 0 Å². The summed E-state index contributed by atoms with van der Waals surface area (Å²) >= 11 is 0. The molecule has 0 N–H and O–H groups in total. The molecule has 0 aromatic heterocycles.